The summed E-state index contributed by atoms with van der Waals surface area (Å²) in [6, 6.07) is 3.19. The first-order valence-electron chi connectivity index (χ1n) is 4.98. The van der Waals surface area contributed by atoms with E-state index in [0.717, 1.165) is 6.54 Å². The quantitative estimate of drug-likeness (QED) is 0.731. The molecule has 0 bridgehead atoms. The SMILES string of the molecule is O=c1cc(-c2ncccn2)nc2n1CCN2. The van der Waals surface area contributed by atoms with Gasteiger partial charge in [0.2, 0.25) is 5.95 Å². The van der Waals surface area contributed by atoms with Crippen molar-refractivity contribution in [2.75, 3.05) is 11.9 Å². The molecule has 0 aliphatic carbocycles. The molecule has 0 saturated heterocycles. The molecule has 0 aromatic carbocycles. The van der Waals surface area contributed by atoms with Crippen LogP contribution in [0.4, 0.5) is 5.95 Å². The number of anilines is 1. The third-order valence-electron chi connectivity index (χ3n) is 2.42. The predicted octanol–water partition coefficient (Wildman–Crippen LogP) is 0.126. The summed E-state index contributed by atoms with van der Waals surface area (Å²) in [5.41, 5.74) is 0.434. The Hall–Kier alpha value is -2.24. The van der Waals surface area contributed by atoms with Crippen molar-refractivity contribution < 1.29 is 0 Å². The summed E-state index contributed by atoms with van der Waals surface area (Å²) >= 11 is 0. The van der Waals surface area contributed by atoms with Gasteiger partial charge >= 0.3 is 0 Å². The second kappa shape index (κ2) is 3.41. The molecule has 1 aliphatic rings. The highest BCUT2D eigenvalue weighted by molar-refractivity contribution is 5.51. The Balaban J connectivity index is 2.17. The summed E-state index contributed by atoms with van der Waals surface area (Å²) in [7, 11) is 0. The number of nitrogens with one attached hydrogen (secondary N) is 1. The molecule has 6 heteroatoms. The van der Waals surface area contributed by atoms with E-state index in [0.29, 0.717) is 24.0 Å². The minimum absolute atomic E-state index is 0.0718. The largest absolute Gasteiger partial charge is 0.354 e. The minimum Gasteiger partial charge on any atom is -0.354 e. The molecule has 0 fully saturated rings. The van der Waals surface area contributed by atoms with Gasteiger partial charge < -0.3 is 5.32 Å². The molecule has 2 aromatic heterocycles. The fraction of sp³-hybridized carbons (Fsp3) is 0.200. The maximum Gasteiger partial charge on any atom is 0.255 e. The molecule has 0 unspecified atom stereocenters. The van der Waals surface area contributed by atoms with Gasteiger partial charge in [0, 0.05) is 31.5 Å². The van der Waals surface area contributed by atoms with E-state index >= 15 is 0 Å². The summed E-state index contributed by atoms with van der Waals surface area (Å²) < 4.78 is 1.60. The van der Waals surface area contributed by atoms with Crippen molar-refractivity contribution >= 4 is 5.95 Å². The zero-order chi connectivity index (χ0) is 11.0. The zero-order valence-electron chi connectivity index (χ0n) is 8.42. The maximum absolute atomic E-state index is 11.7. The van der Waals surface area contributed by atoms with Gasteiger partial charge in [-0.15, -0.1) is 0 Å². The number of aromatic nitrogens is 4. The summed E-state index contributed by atoms with van der Waals surface area (Å²) in [5, 5.41) is 3.05. The van der Waals surface area contributed by atoms with Crippen LogP contribution in [0.25, 0.3) is 11.5 Å². The van der Waals surface area contributed by atoms with Crippen LogP contribution in [0.3, 0.4) is 0 Å². The van der Waals surface area contributed by atoms with Gasteiger partial charge in [0.25, 0.3) is 5.56 Å². The van der Waals surface area contributed by atoms with Crippen molar-refractivity contribution in [3.05, 3.63) is 34.9 Å². The molecular weight excluding hydrogens is 206 g/mol. The lowest BCUT2D eigenvalue weighted by atomic mass is 10.3. The van der Waals surface area contributed by atoms with Crippen LogP contribution < -0.4 is 10.9 Å². The lowest BCUT2D eigenvalue weighted by Gasteiger charge is -2.03. The third kappa shape index (κ3) is 1.35. The topological polar surface area (TPSA) is 72.7 Å². The predicted molar refractivity (Wildman–Crippen MR) is 58.0 cm³/mol. The van der Waals surface area contributed by atoms with Crippen molar-refractivity contribution in [2.45, 2.75) is 6.54 Å². The van der Waals surface area contributed by atoms with Gasteiger partial charge in [0.1, 0.15) is 5.69 Å². The van der Waals surface area contributed by atoms with Crippen molar-refractivity contribution in [1.82, 2.24) is 19.5 Å². The first kappa shape index (κ1) is 9.02. The average molecular weight is 215 g/mol. The molecule has 3 rings (SSSR count). The van der Waals surface area contributed by atoms with Crippen LogP contribution in [-0.2, 0) is 6.54 Å². The van der Waals surface area contributed by atoms with Crippen LogP contribution in [0.5, 0.6) is 0 Å². The molecule has 80 valence electrons. The van der Waals surface area contributed by atoms with Crippen LogP contribution in [0, 0.1) is 0 Å². The fourth-order valence-corrected chi connectivity index (χ4v) is 1.68. The van der Waals surface area contributed by atoms with E-state index in [1.165, 1.54) is 6.07 Å². The molecule has 2 aromatic rings. The van der Waals surface area contributed by atoms with Gasteiger partial charge in [0.15, 0.2) is 5.82 Å². The Kier molecular flexibility index (Phi) is 1.92. The summed E-state index contributed by atoms with van der Waals surface area (Å²) in [6.45, 7) is 1.40. The molecule has 3 heterocycles. The molecule has 16 heavy (non-hydrogen) atoms. The Labute approximate surface area is 91.0 Å². The highest BCUT2D eigenvalue weighted by Gasteiger charge is 2.15. The second-order valence-electron chi connectivity index (χ2n) is 3.45. The standard InChI is InChI=1S/C10H9N5O/c16-8-6-7(9-11-2-1-3-12-9)14-10-13-4-5-15(8)10/h1-3,6H,4-5H2,(H,13,14). The van der Waals surface area contributed by atoms with Crippen LogP contribution >= 0.6 is 0 Å². The molecule has 0 saturated carbocycles. The molecule has 0 radical (unpaired) electrons. The van der Waals surface area contributed by atoms with Crippen LogP contribution in [-0.4, -0.2) is 26.1 Å². The van der Waals surface area contributed by atoms with E-state index in [2.05, 4.69) is 20.3 Å². The summed E-state index contributed by atoms with van der Waals surface area (Å²) in [5.74, 6) is 1.06. The second-order valence-corrected chi connectivity index (χ2v) is 3.45. The van der Waals surface area contributed by atoms with Crippen molar-refractivity contribution in [2.24, 2.45) is 0 Å². The highest BCUT2D eigenvalue weighted by atomic mass is 16.1. The van der Waals surface area contributed by atoms with Gasteiger partial charge in [-0.2, -0.15) is 0 Å². The Morgan fingerprint density at radius 3 is 2.94 bits per heavy atom. The first-order chi connectivity index (χ1) is 7.84. The number of nitrogens with zero attached hydrogens (tertiary/aromatic N) is 4. The highest BCUT2D eigenvalue weighted by Crippen LogP contribution is 2.13. The van der Waals surface area contributed by atoms with Crippen molar-refractivity contribution in [3.8, 4) is 11.5 Å². The molecule has 0 amide bonds. The van der Waals surface area contributed by atoms with Crippen LogP contribution in [0.2, 0.25) is 0 Å². The van der Waals surface area contributed by atoms with E-state index in [9.17, 15) is 4.79 Å². The van der Waals surface area contributed by atoms with Crippen molar-refractivity contribution in [1.29, 1.82) is 0 Å². The Morgan fingerprint density at radius 2 is 2.12 bits per heavy atom. The maximum atomic E-state index is 11.7. The third-order valence-corrected chi connectivity index (χ3v) is 2.42. The Bertz CT molecular complexity index is 578. The molecular formula is C10H9N5O. The number of hydrogen-bond acceptors (Lipinski definition) is 5. The van der Waals surface area contributed by atoms with Crippen LogP contribution in [0.1, 0.15) is 0 Å². The summed E-state index contributed by atoms with van der Waals surface area (Å²) in [4.78, 5) is 24.2. The molecule has 1 N–H and O–H groups in total. The minimum atomic E-state index is -0.0718. The van der Waals surface area contributed by atoms with E-state index in [1.54, 1.807) is 23.0 Å². The molecule has 0 atom stereocenters. The van der Waals surface area contributed by atoms with E-state index in [4.69, 9.17) is 0 Å². The molecule has 6 nitrogen and oxygen atoms in total. The van der Waals surface area contributed by atoms with Gasteiger partial charge in [-0.1, -0.05) is 0 Å². The van der Waals surface area contributed by atoms with E-state index in [1.807, 2.05) is 0 Å². The average Bonchev–Trinajstić information content (AvgIpc) is 2.79. The number of fused-ring (bicyclic) bond motifs is 1. The molecule has 0 spiro atoms. The monoisotopic (exact) mass is 215 g/mol. The smallest absolute Gasteiger partial charge is 0.255 e. The normalized spacial score (nSPS) is 13.2. The Morgan fingerprint density at radius 1 is 1.31 bits per heavy atom. The van der Waals surface area contributed by atoms with E-state index < -0.39 is 0 Å². The summed E-state index contributed by atoms with van der Waals surface area (Å²) in [6.07, 6.45) is 3.25. The van der Waals surface area contributed by atoms with Gasteiger partial charge in [-0.25, -0.2) is 15.0 Å². The van der Waals surface area contributed by atoms with Gasteiger partial charge in [0.05, 0.1) is 0 Å². The van der Waals surface area contributed by atoms with Gasteiger partial charge in [-0.05, 0) is 6.07 Å². The first-order valence-corrected chi connectivity index (χ1v) is 4.98. The number of rotatable bonds is 1. The van der Waals surface area contributed by atoms with Gasteiger partial charge in [-0.3, -0.25) is 9.36 Å². The zero-order valence-corrected chi connectivity index (χ0v) is 8.42. The lowest BCUT2D eigenvalue weighted by molar-refractivity contribution is 0.761. The van der Waals surface area contributed by atoms with E-state index in [-0.39, 0.29) is 5.56 Å². The number of hydrogen-bond donors (Lipinski definition) is 1. The lowest BCUT2D eigenvalue weighted by Crippen LogP contribution is -2.18. The molecule has 1 aliphatic heterocycles. The fourth-order valence-electron chi connectivity index (χ4n) is 1.68. The van der Waals surface area contributed by atoms with Crippen molar-refractivity contribution in [3.63, 3.8) is 0 Å². The van der Waals surface area contributed by atoms with Crippen LogP contribution in [0.15, 0.2) is 29.3 Å².